The molecule has 1 amide bonds. The molecule has 2 aromatic rings. The summed E-state index contributed by atoms with van der Waals surface area (Å²) >= 11 is 0. The first kappa shape index (κ1) is 23.5. The van der Waals surface area contributed by atoms with Crippen molar-refractivity contribution in [1.29, 1.82) is 0 Å². The van der Waals surface area contributed by atoms with E-state index < -0.39 is 5.40 Å². The topological polar surface area (TPSA) is 44.8 Å². The van der Waals surface area contributed by atoms with Crippen LogP contribution in [-0.2, 0) is 4.79 Å². The molecule has 2 aromatic carbocycles. The van der Waals surface area contributed by atoms with Crippen molar-refractivity contribution in [1.82, 2.24) is 4.90 Å². The van der Waals surface area contributed by atoms with Gasteiger partial charge in [0.15, 0.2) is 0 Å². The van der Waals surface area contributed by atoms with Gasteiger partial charge in [0.2, 0.25) is 5.91 Å². The fourth-order valence-corrected chi connectivity index (χ4v) is 6.17. The fraction of sp³-hybridized carbons (Fsp3) is 0.409. The highest BCUT2D eigenvalue weighted by atomic mass is 19.1. The van der Waals surface area contributed by atoms with Gasteiger partial charge in [-0.05, 0) is 54.2 Å². The molecule has 1 fully saturated rings. The first-order valence-electron chi connectivity index (χ1n) is 12.3. The minimum absolute atomic E-state index is 0.0777. The van der Waals surface area contributed by atoms with Crippen molar-refractivity contribution in [3.8, 4) is 5.75 Å². The lowest BCUT2D eigenvalue weighted by Crippen LogP contribution is -2.70. The van der Waals surface area contributed by atoms with E-state index in [1.807, 2.05) is 6.07 Å². The van der Waals surface area contributed by atoms with Gasteiger partial charge in [0.25, 0.3) is 0 Å². The van der Waals surface area contributed by atoms with Crippen molar-refractivity contribution < 1.29 is 13.9 Å². The molecule has 2 atom stereocenters. The Morgan fingerprint density at radius 1 is 1.03 bits per heavy atom. The number of carbonyl (C=O) groups is 1. The van der Waals surface area contributed by atoms with Crippen LogP contribution in [0.4, 0.5) is 15.8 Å². The maximum absolute atomic E-state index is 13.4. The molecule has 1 unspecified atom stereocenters. The van der Waals surface area contributed by atoms with E-state index in [0.717, 1.165) is 25.2 Å². The SMILES string of the molecule is BC(B)(Oc1ccc(F)cc1)C(B)(B)C(B)(B)N1CC[C@H]2C(C1)c1cccc3c1N2CC(=O)N3. The second-order valence-corrected chi connectivity index (χ2v) is 11.6. The number of para-hydroxylation sites is 1. The number of fused-ring (bicyclic) bond motifs is 3. The molecule has 0 radical (unpaired) electrons. The summed E-state index contributed by atoms with van der Waals surface area (Å²) in [5, 5.41) is 2.14. The molecule has 0 spiro atoms. The molecule has 3 aliphatic heterocycles. The number of rotatable bonds is 5. The summed E-state index contributed by atoms with van der Waals surface area (Å²) < 4.78 is 19.9. The maximum Gasteiger partial charge on any atom is 0.243 e. The van der Waals surface area contributed by atoms with Crippen molar-refractivity contribution >= 4 is 64.4 Å². The molecule has 1 saturated heterocycles. The van der Waals surface area contributed by atoms with E-state index in [-0.39, 0.29) is 22.3 Å². The van der Waals surface area contributed by atoms with Gasteiger partial charge < -0.3 is 19.9 Å². The average Bonchev–Trinajstić information content (AvgIpc) is 3.09. The number of carbonyl (C=O) groups excluding carboxylic acids is 1. The highest BCUT2D eigenvalue weighted by Crippen LogP contribution is 2.51. The highest BCUT2D eigenvalue weighted by Gasteiger charge is 2.54. The Hall–Kier alpha value is -2.21. The number of hydrogen-bond acceptors (Lipinski definition) is 4. The number of ether oxygens (including phenoxy) is 1. The van der Waals surface area contributed by atoms with Gasteiger partial charge >= 0.3 is 0 Å². The largest absolute Gasteiger partial charge is 0.506 e. The Morgan fingerprint density at radius 3 is 2.44 bits per heavy atom. The second-order valence-electron chi connectivity index (χ2n) is 11.6. The number of benzene rings is 2. The van der Waals surface area contributed by atoms with Crippen molar-refractivity contribution in [3.05, 3.63) is 53.8 Å². The van der Waals surface area contributed by atoms with Gasteiger partial charge in [-0.15, -0.1) is 0 Å². The van der Waals surface area contributed by atoms with Crippen LogP contribution in [0, 0.1) is 5.82 Å². The zero-order valence-electron chi connectivity index (χ0n) is 21.1. The first-order valence-corrected chi connectivity index (χ1v) is 12.3. The predicted molar refractivity (Wildman–Crippen MR) is 152 cm³/mol. The monoisotopic (exact) mass is 453 g/mol. The van der Waals surface area contributed by atoms with Crippen LogP contribution in [0.1, 0.15) is 17.9 Å². The standard InChI is InChI=1S/C22H30B6FN3O2/c23-20(24,22(27,28)34-13-6-4-12(29)5-7-13)21(25,26)31-9-8-17-15(10-31)14-2-1-3-16-19(14)32(17)11-18(33)30-16/h1-7,15,17H,8-11,23-28H2,(H,30,33)/t15?,17-/m0/s1. The van der Waals surface area contributed by atoms with Crippen molar-refractivity contribution in [2.45, 2.75) is 34.3 Å². The van der Waals surface area contributed by atoms with Gasteiger partial charge in [0.1, 0.15) is 58.6 Å². The van der Waals surface area contributed by atoms with Crippen LogP contribution in [-0.4, -0.2) is 94.3 Å². The summed E-state index contributed by atoms with van der Waals surface area (Å²) in [6.45, 7) is 2.35. The molecule has 0 saturated carbocycles. The molecule has 3 heterocycles. The number of amides is 1. The molecule has 5 nitrogen and oxygen atoms in total. The highest BCUT2D eigenvalue weighted by molar-refractivity contribution is 6.61. The summed E-state index contributed by atoms with van der Waals surface area (Å²) in [7, 11) is 13.4. The number of piperidine rings is 1. The minimum atomic E-state index is -0.503. The van der Waals surface area contributed by atoms with Crippen molar-refractivity contribution in [2.24, 2.45) is 0 Å². The summed E-state index contributed by atoms with van der Waals surface area (Å²) in [4.78, 5) is 17.3. The minimum Gasteiger partial charge on any atom is -0.506 e. The quantitative estimate of drug-likeness (QED) is 0.494. The number of likely N-dealkylation sites (tertiary alicyclic amines) is 1. The van der Waals surface area contributed by atoms with Crippen LogP contribution in [0.25, 0.3) is 0 Å². The molecule has 12 heteroatoms. The van der Waals surface area contributed by atoms with Crippen LogP contribution in [0.3, 0.4) is 0 Å². The Labute approximate surface area is 207 Å². The van der Waals surface area contributed by atoms with Gasteiger partial charge in [-0.1, -0.05) is 17.3 Å². The zero-order chi connectivity index (χ0) is 24.5. The van der Waals surface area contributed by atoms with Gasteiger partial charge in [-0.2, -0.15) is 0 Å². The molecule has 0 bridgehead atoms. The van der Waals surface area contributed by atoms with Crippen LogP contribution in [0.15, 0.2) is 42.5 Å². The summed E-state index contributed by atoms with van der Waals surface area (Å²) in [5.74, 6) is 0.862. The lowest BCUT2D eigenvalue weighted by Gasteiger charge is -2.59. The molecule has 1 N–H and O–H groups in total. The van der Waals surface area contributed by atoms with Crippen LogP contribution in [0.2, 0.25) is 5.21 Å². The van der Waals surface area contributed by atoms with E-state index >= 15 is 0 Å². The maximum atomic E-state index is 13.4. The molecular formula is C22H30B6FN3O2. The molecule has 3 aliphatic rings. The third kappa shape index (κ3) is 3.52. The third-order valence-corrected chi connectivity index (χ3v) is 9.33. The van der Waals surface area contributed by atoms with Crippen molar-refractivity contribution in [3.63, 3.8) is 0 Å². The van der Waals surface area contributed by atoms with Crippen LogP contribution < -0.4 is 15.0 Å². The van der Waals surface area contributed by atoms with E-state index in [9.17, 15) is 9.18 Å². The molecule has 34 heavy (non-hydrogen) atoms. The van der Waals surface area contributed by atoms with E-state index in [2.05, 4.69) is 74.3 Å². The van der Waals surface area contributed by atoms with Crippen LogP contribution in [0.5, 0.6) is 5.75 Å². The van der Waals surface area contributed by atoms with E-state index in [1.54, 1.807) is 12.1 Å². The average molecular weight is 452 g/mol. The first-order chi connectivity index (χ1) is 15.9. The Morgan fingerprint density at radius 2 is 1.74 bits per heavy atom. The molecule has 0 aromatic heterocycles. The van der Waals surface area contributed by atoms with Gasteiger partial charge in [-0.25, -0.2) is 4.39 Å². The number of anilines is 2. The number of hydrogen-bond donors (Lipinski definition) is 1. The van der Waals surface area contributed by atoms with Gasteiger partial charge in [-0.3, -0.25) is 4.79 Å². The number of nitrogens with zero attached hydrogens (tertiary/aromatic N) is 2. The fourth-order valence-electron chi connectivity index (χ4n) is 6.17. The zero-order valence-corrected chi connectivity index (χ0v) is 21.1. The molecular weight excluding hydrogens is 422 g/mol. The number of nitrogens with one attached hydrogen (secondary N) is 1. The molecule has 170 valence electrons. The molecule has 0 aliphatic carbocycles. The summed E-state index contributed by atoms with van der Waals surface area (Å²) in [6.07, 6.45) is 1.02. The Bertz CT molecular complexity index is 1130. The molecule has 5 rings (SSSR count). The summed E-state index contributed by atoms with van der Waals surface area (Å²) in [5.41, 5.74) is 3.52. The van der Waals surface area contributed by atoms with Gasteiger partial charge in [0.05, 0.1) is 17.9 Å². The normalized spacial score (nSPS) is 22.6. The lowest BCUT2D eigenvalue weighted by molar-refractivity contribution is -0.115. The van der Waals surface area contributed by atoms with Crippen LogP contribution >= 0.6 is 0 Å². The van der Waals surface area contributed by atoms with Crippen molar-refractivity contribution in [2.75, 3.05) is 29.9 Å². The summed E-state index contributed by atoms with van der Waals surface area (Å²) in [6, 6.07) is 13.0. The predicted octanol–water partition coefficient (Wildman–Crippen LogP) is -2.94. The second kappa shape index (κ2) is 7.91. The smallest absolute Gasteiger partial charge is 0.243 e. The lowest BCUT2D eigenvalue weighted by atomic mass is 9.23. The Kier molecular flexibility index (Phi) is 5.47. The third-order valence-electron chi connectivity index (χ3n) is 9.33. The van der Waals surface area contributed by atoms with E-state index in [1.165, 1.54) is 23.4 Å². The number of halogens is 1. The Balaban J connectivity index is 1.41. The van der Waals surface area contributed by atoms with E-state index in [0.29, 0.717) is 24.3 Å². The van der Waals surface area contributed by atoms with E-state index in [4.69, 9.17) is 4.74 Å². The van der Waals surface area contributed by atoms with Gasteiger partial charge in [0, 0.05) is 23.9 Å².